The molecule has 5 heteroatoms. The monoisotopic (exact) mass is 364 g/mol. The predicted molar refractivity (Wildman–Crippen MR) is 108 cm³/mol. The van der Waals surface area contributed by atoms with Crippen molar-refractivity contribution in [2.45, 2.75) is 20.3 Å². The van der Waals surface area contributed by atoms with Crippen LogP contribution in [0.15, 0.2) is 42.5 Å². The van der Waals surface area contributed by atoms with Crippen molar-refractivity contribution in [2.75, 3.05) is 20.8 Å². The van der Waals surface area contributed by atoms with Gasteiger partial charge in [-0.2, -0.15) is 0 Å². The van der Waals surface area contributed by atoms with E-state index in [1.165, 1.54) is 0 Å². The van der Waals surface area contributed by atoms with Crippen molar-refractivity contribution < 1.29 is 14.3 Å². The molecular weight excluding hydrogens is 340 g/mol. The van der Waals surface area contributed by atoms with Gasteiger partial charge in [0.25, 0.3) is 5.91 Å². The summed E-state index contributed by atoms with van der Waals surface area (Å²) in [4.78, 5) is 17.6. The van der Waals surface area contributed by atoms with Gasteiger partial charge in [-0.25, -0.2) is 4.98 Å². The molecule has 3 rings (SSSR count). The first-order valence-electron chi connectivity index (χ1n) is 8.99. The lowest BCUT2D eigenvalue weighted by atomic mass is 10.0. The van der Waals surface area contributed by atoms with Crippen LogP contribution in [0.5, 0.6) is 11.5 Å². The van der Waals surface area contributed by atoms with Crippen molar-refractivity contribution in [3.63, 3.8) is 0 Å². The highest BCUT2D eigenvalue weighted by molar-refractivity contribution is 6.07. The second kappa shape index (κ2) is 8.08. The number of carbonyl (C=O) groups excluding carboxylic acids is 1. The molecule has 0 atom stereocenters. The molecule has 1 N–H and O–H groups in total. The van der Waals surface area contributed by atoms with Crippen molar-refractivity contribution in [3.8, 4) is 22.8 Å². The van der Waals surface area contributed by atoms with Crippen molar-refractivity contribution in [1.29, 1.82) is 0 Å². The summed E-state index contributed by atoms with van der Waals surface area (Å²) in [6, 6.07) is 13.3. The molecule has 27 heavy (non-hydrogen) atoms. The maximum Gasteiger partial charge on any atom is 0.252 e. The molecule has 0 saturated carbocycles. The Hall–Kier alpha value is -3.08. The second-order valence-electron chi connectivity index (χ2n) is 6.40. The van der Waals surface area contributed by atoms with Crippen LogP contribution < -0.4 is 14.8 Å². The van der Waals surface area contributed by atoms with Gasteiger partial charge in [-0.1, -0.05) is 18.6 Å². The fraction of sp³-hybridized carbons (Fsp3) is 0.273. The van der Waals surface area contributed by atoms with Crippen LogP contribution in [0, 0.1) is 6.92 Å². The fourth-order valence-electron chi connectivity index (χ4n) is 3.01. The van der Waals surface area contributed by atoms with Gasteiger partial charge in [-0.05, 0) is 43.7 Å². The molecule has 0 aliphatic heterocycles. The maximum atomic E-state index is 12.8. The van der Waals surface area contributed by atoms with E-state index in [1.807, 2.05) is 56.3 Å². The Kier molecular flexibility index (Phi) is 5.60. The lowest BCUT2D eigenvalue weighted by molar-refractivity contribution is 0.0955. The summed E-state index contributed by atoms with van der Waals surface area (Å²) in [5, 5.41) is 3.81. The smallest absolute Gasteiger partial charge is 0.252 e. The molecule has 2 aromatic carbocycles. The lowest BCUT2D eigenvalue weighted by Crippen LogP contribution is -2.24. The molecule has 0 saturated heterocycles. The van der Waals surface area contributed by atoms with E-state index in [-0.39, 0.29) is 5.91 Å². The van der Waals surface area contributed by atoms with E-state index in [4.69, 9.17) is 14.5 Å². The minimum atomic E-state index is -0.0939. The van der Waals surface area contributed by atoms with E-state index in [0.29, 0.717) is 29.3 Å². The van der Waals surface area contributed by atoms with Crippen LogP contribution in [0.2, 0.25) is 0 Å². The number of hydrogen-bond donors (Lipinski definition) is 1. The van der Waals surface area contributed by atoms with Gasteiger partial charge < -0.3 is 14.8 Å². The van der Waals surface area contributed by atoms with Crippen LogP contribution in [0.25, 0.3) is 22.2 Å². The number of benzene rings is 2. The van der Waals surface area contributed by atoms with Crippen LogP contribution in [0.3, 0.4) is 0 Å². The molecule has 0 spiro atoms. The molecule has 1 amide bonds. The molecule has 5 nitrogen and oxygen atoms in total. The van der Waals surface area contributed by atoms with Crippen molar-refractivity contribution in [3.05, 3.63) is 53.6 Å². The number of fused-ring (bicyclic) bond motifs is 1. The molecule has 1 heterocycles. The highest BCUT2D eigenvalue weighted by atomic mass is 16.5. The number of hydrogen-bond acceptors (Lipinski definition) is 4. The average molecular weight is 364 g/mol. The van der Waals surface area contributed by atoms with Crippen LogP contribution in [-0.2, 0) is 0 Å². The normalized spacial score (nSPS) is 10.7. The third-order valence-corrected chi connectivity index (χ3v) is 4.43. The number of aryl methyl sites for hydroxylation is 1. The zero-order valence-corrected chi connectivity index (χ0v) is 16.1. The molecule has 3 aromatic rings. The van der Waals surface area contributed by atoms with Gasteiger partial charge in [0.2, 0.25) is 0 Å². The zero-order valence-electron chi connectivity index (χ0n) is 16.1. The van der Waals surface area contributed by atoms with E-state index in [9.17, 15) is 4.79 Å². The highest BCUT2D eigenvalue weighted by Crippen LogP contribution is 2.34. The van der Waals surface area contributed by atoms with Gasteiger partial charge >= 0.3 is 0 Å². The predicted octanol–water partition coefficient (Wildman–Crippen LogP) is 4.37. The number of rotatable bonds is 6. The summed E-state index contributed by atoms with van der Waals surface area (Å²) >= 11 is 0. The fourth-order valence-corrected chi connectivity index (χ4v) is 3.01. The van der Waals surface area contributed by atoms with Crippen LogP contribution in [0.1, 0.15) is 29.3 Å². The average Bonchev–Trinajstić information content (AvgIpc) is 2.70. The van der Waals surface area contributed by atoms with Crippen LogP contribution in [-0.4, -0.2) is 31.7 Å². The van der Waals surface area contributed by atoms with Gasteiger partial charge in [0, 0.05) is 23.6 Å². The molecule has 0 unspecified atom stereocenters. The van der Waals surface area contributed by atoms with E-state index in [2.05, 4.69) is 5.32 Å². The van der Waals surface area contributed by atoms with E-state index >= 15 is 0 Å². The number of pyridine rings is 1. The molecule has 0 radical (unpaired) electrons. The number of carbonyl (C=O) groups is 1. The largest absolute Gasteiger partial charge is 0.497 e. The zero-order chi connectivity index (χ0) is 19.4. The quantitative estimate of drug-likeness (QED) is 0.706. The van der Waals surface area contributed by atoms with Crippen LogP contribution >= 0.6 is 0 Å². The highest BCUT2D eigenvalue weighted by Gasteiger charge is 2.16. The second-order valence-corrected chi connectivity index (χ2v) is 6.40. The summed E-state index contributed by atoms with van der Waals surface area (Å²) in [6.07, 6.45) is 0.882. The molecule has 0 fully saturated rings. The van der Waals surface area contributed by atoms with Crippen molar-refractivity contribution in [2.24, 2.45) is 0 Å². The Morgan fingerprint density at radius 3 is 2.59 bits per heavy atom. The summed E-state index contributed by atoms with van der Waals surface area (Å²) in [7, 11) is 3.22. The number of ether oxygens (including phenoxy) is 2. The standard InChI is InChI=1S/C22H24N2O3/c1-5-10-23-22(25)18-13-20(24-19-9-6-14(2)11-17(18)19)16-8-7-15(26-3)12-21(16)27-4/h6-9,11-13H,5,10H2,1-4H3,(H,23,25). The molecular formula is C22H24N2O3. The summed E-state index contributed by atoms with van der Waals surface area (Å²) in [5.41, 5.74) is 3.98. The topological polar surface area (TPSA) is 60.5 Å². The Morgan fingerprint density at radius 2 is 1.89 bits per heavy atom. The van der Waals surface area contributed by atoms with Gasteiger partial charge in [0.1, 0.15) is 11.5 Å². The summed E-state index contributed by atoms with van der Waals surface area (Å²) in [6.45, 7) is 4.67. The first-order chi connectivity index (χ1) is 13.1. The first-order valence-corrected chi connectivity index (χ1v) is 8.99. The Morgan fingerprint density at radius 1 is 1.07 bits per heavy atom. The maximum absolute atomic E-state index is 12.8. The number of aromatic nitrogens is 1. The molecule has 140 valence electrons. The van der Waals surface area contributed by atoms with Gasteiger partial charge in [-0.3, -0.25) is 4.79 Å². The Bertz CT molecular complexity index is 983. The molecule has 1 aromatic heterocycles. The van der Waals surface area contributed by atoms with Gasteiger partial charge in [-0.15, -0.1) is 0 Å². The number of amides is 1. The Balaban J connectivity index is 2.20. The SMILES string of the molecule is CCCNC(=O)c1cc(-c2ccc(OC)cc2OC)nc2ccc(C)cc12. The Labute approximate surface area is 159 Å². The van der Waals surface area contributed by atoms with E-state index in [0.717, 1.165) is 28.5 Å². The third-order valence-electron chi connectivity index (χ3n) is 4.43. The number of methoxy groups -OCH3 is 2. The first kappa shape index (κ1) is 18.7. The minimum Gasteiger partial charge on any atom is -0.497 e. The van der Waals surface area contributed by atoms with Gasteiger partial charge in [0.05, 0.1) is 31.0 Å². The van der Waals surface area contributed by atoms with Gasteiger partial charge in [0.15, 0.2) is 0 Å². The summed E-state index contributed by atoms with van der Waals surface area (Å²) in [5.74, 6) is 1.25. The molecule has 0 aliphatic rings. The lowest BCUT2D eigenvalue weighted by Gasteiger charge is -2.13. The van der Waals surface area contributed by atoms with Crippen LogP contribution in [0.4, 0.5) is 0 Å². The number of nitrogens with one attached hydrogen (secondary N) is 1. The van der Waals surface area contributed by atoms with Crippen molar-refractivity contribution >= 4 is 16.8 Å². The van der Waals surface area contributed by atoms with Crippen molar-refractivity contribution in [1.82, 2.24) is 10.3 Å². The minimum absolute atomic E-state index is 0.0939. The number of nitrogens with zero attached hydrogens (tertiary/aromatic N) is 1. The molecule has 0 bridgehead atoms. The van der Waals surface area contributed by atoms with E-state index in [1.54, 1.807) is 14.2 Å². The third kappa shape index (κ3) is 3.87. The van der Waals surface area contributed by atoms with E-state index < -0.39 is 0 Å². The summed E-state index contributed by atoms with van der Waals surface area (Å²) < 4.78 is 10.8. The molecule has 0 aliphatic carbocycles.